The SMILES string of the molecule is N#Cc1c(-n2c3ccccc3c3ccccc32)c(-n2c3ccccc3c3ccccc32)c(C#N)c(-n2c3cc(-c4c(-c5ccccc5)cccc4-c4ccccc4)ccc3c3ccc4c5ccccc5oc4c32)c1-n1c2ccccc2c2ccccc21. The number of aromatic nitrogens is 4. The van der Waals surface area contributed by atoms with Gasteiger partial charge in [0.1, 0.15) is 28.8 Å². The number of fused-ring (bicyclic) bond motifs is 16. The molecule has 18 rings (SSSR count). The van der Waals surface area contributed by atoms with Crippen LogP contribution in [0.15, 0.2) is 283 Å². The average Bonchev–Trinajstić information content (AvgIpc) is 1.61. The van der Waals surface area contributed by atoms with Crippen LogP contribution in [0.4, 0.5) is 0 Å². The zero-order valence-corrected chi connectivity index (χ0v) is 46.6. The summed E-state index contributed by atoms with van der Waals surface area (Å²) < 4.78 is 16.3. The largest absolute Gasteiger partial charge is 0.454 e. The Labute approximate surface area is 498 Å². The maximum atomic E-state index is 13.1. The number of nitriles is 2. The summed E-state index contributed by atoms with van der Waals surface area (Å²) in [5, 5.41) is 36.0. The molecule has 87 heavy (non-hydrogen) atoms. The Balaban J connectivity index is 1.13. The quantitative estimate of drug-likeness (QED) is 0.159. The van der Waals surface area contributed by atoms with E-state index >= 15 is 0 Å². The summed E-state index contributed by atoms with van der Waals surface area (Å²) >= 11 is 0. The third-order valence-corrected chi connectivity index (χ3v) is 18.0. The third-order valence-electron chi connectivity index (χ3n) is 18.0. The summed E-state index contributed by atoms with van der Waals surface area (Å²) in [7, 11) is 0. The third kappa shape index (κ3) is 6.79. The molecule has 7 heteroatoms. The Kier molecular flexibility index (Phi) is 10.4. The van der Waals surface area contributed by atoms with Crippen LogP contribution >= 0.6 is 0 Å². The zero-order chi connectivity index (χ0) is 57.4. The predicted molar refractivity (Wildman–Crippen MR) is 357 cm³/mol. The van der Waals surface area contributed by atoms with Crippen LogP contribution in [-0.4, -0.2) is 18.3 Å². The summed E-state index contributed by atoms with van der Waals surface area (Å²) in [6.45, 7) is 0. The lowest BCUT2D eigenvalue weighted by molar-refractivity contribution is 0.671. The summed E-state index contributed by atoms with van der Waals surface area (Å²) in [6.07, 6.45) is 0. The molecule has 0 spiro atoms. The highest BCUT2D eigenvalue weighted by Gasteiger charge is 2.35. The first-order valence-electron chi connectivity index (χ1n) is 29.3. The molecule has 0 amide bonds. The van der Waals surface area contributed by atoms with Gasteiger partial charge in [0.15, 0.2) is 5.58 Å². The van der Waals surface area contributed by atoms with Crippen LogP contribution in [0, 0.1) is 22.7 Å². The second-order valence-corrected chi connectivity index (χ2v) is 22.4. The van der Waals surface area contributed by atoms with Crippen molar-refractivity contribution in [2.45, 2.75) is 0 Å². The lowest BCUT2D eigenvalue weighted by Gasteiger charge is -2.27. The first kappa shape index (κ1) is 48.4. The van der Waals surface area contributed by atoms with Crippen LogP contribution in [0.5, 0.6) is 0 Å². The predicted octanol–water partition coefficient (Wildman–Crippen LogP) is 20.7. The standard InChI is InChI=1S/C80H46N6O/c81-47-64-75(83-66-35-14-7-26-54(66)55-27-8-15-36-67(55)83)76(84-68-37-16-9-28-56(68)57-29-10-17-38-69(57)84)65(48-82)78(77(64)85-70-39-18-11-30-58(70)59-31-12-19-40-71(59)85)86-72-46-51(42-43-60(72)62-44-45-63-61-32-13-20-41-73(61)87-80(63)79(62)86)74-52(49-22-3-1-4-23-49)33-21-34-53(74)50-24-5-2-6-25-50/h1-46H. The Morgan fingerprint density at radius 3 is 1.03 bits per heavy atom. The monoisotopic (exact) mass is 1110 g/mol. The van der Waals surface area contributed by atoms with Crippen molar-refractivity contribution in [2.24, 2.45) is 0 Å². The van der Waals surface area contributed by atoms with Gasteiger partial charge in [0.25, 0.3) is 0 Å². The van der Waals surface area contributed by atoms with E-state index in [1.54, 1.807) is 0 Å². The molecule has 0 aliphatic rings. The van der Waals surface area contributed by atoms with E-state index in [0.29, 0.717) is 39.5 Å². The molecule has 0 bridgehead atoms. The van der Waals surface area contributed by atoms with Gasteiger partial charge in [-0.05, 0) is 88.0 Å². The van der Waals surface area contributed by atoms with Gasteiger partial charge < -0.3 is 22.7 Å². The van der Waals surface area contributed by atoms with Crippen molar-refractivity contribution in [3.8, 4) is 68.3 Å². The Bertz CT molecular complexity index is 5820. The van der Waals surface area contributed by atoms with Crippen molar-refractivity contribution in [1.29, 1.82) is 10.5 Å². The van der Waals surface area contributed by atoms with Crippen LogP contribution in [0.3, 0.4) is 0 Å². The molecule has 402 valence electrons. The Morgan fingerprint density at radius 1 is 0.264 bits per heavy atom. The molecule has 0 saturated carbocycles. The molecule has 0 saturated heterocycles. The molecule has 5 aromatic heterocycles. The number of hydrogen-bond donors (Lipinski definition) is 0. The number of rotatable bonds is 7. The molecule has 0 aliphatic heterocycles. The van der Waals surface area contributed by atoms with Crippen molar-refractivity contribution >= 4 is 109 Å². The fourth-order valence-corrected chi connectivity index (χ4v) is 14.5. The fraction of sp³-hybridized carbons (Fsp3) is 0. The Hall–Kier alpha value is -12.2. The molecular weight excluding hydrogens is 1060 g/mol. The van der Waals surface area contributed by atoms with Gasteiger partial charge in [0.05, 0.1) is 66.9 Å². The molecule has 0 fully saturated rings. The van der Waals surface area contributed by atoms with Crippen molar-refractivity contribution in [3.63, 3.8) is 0 Å². The van der Waals surface area contributed by atoms with Crippen molar-refractivity contribution < 1.29 is 4.42 Å². The van der Waals surface area contributed by atoms with Gasteiger partial charge in [-0.2, -0.15) is 10.5 Å². The van der Waals surface area contributed by atoms with Crippen LogP contribution < -0.4 is 0 Å². The van der Waals surface area contributed by atoms with Gasteiger partial charge in [0.2, 0.25) is 0 Å². The maximum Gasteiger partial charge on any atom is 0.160 e. The molecule has 7 nitrogen and oxygen atoms in total. The average molecular weight is 1110 g/mol. The summed E-state index contributed by atoms with van der Waals surface area (Å²) in [5.41, 5.74) is 17.8. The summed E-state index contributed by atoms with van der Waals surface area (Å²) in [6, 6.07) is 104. The van der Waals surface area contributed by atoms with E-state index in [0.717, 1.165) is 137 Å². The van der Waals surface area contributed by atoms with E-state index < -0.39 is 0 Å². The van der Waals surface area contributed by atoms with Gasteiger partial charge in [-0.3, -0.25) is 0 Å². The fourth-order valence-electron chi connectivity index (χ4n) is 14.5. The molecule has 18 aromatic rings. The van der Waals surface area contributed by atoms with Gasteiger partial charge >= 0.3 is 0 Å². The van der Waals surface area contributed by atoms with Gasteiger partial charge in [0, 0.05) is 53.9 Å². The highest BCUT2D eigenvalue weighted by atomic mass is 16.3. The van der Waals surface area contributed by atoms with Crippen LogP contribution in [-0.2, 0) is 0 Å². The second-order valence-electron chi connectivity index (χ2n) is 22.4. The van der Waals surface area contributed by atoms with Crippen molar-refractivity contribution in [2.75, 3.05) is 0 Å². The number of furan rings is 1. The molecule has 13 aromatic carbocycles. The number of hydrogen-bond acceptors (Lipinski definition) is 3. The zero-order valence-electron chi connectivity index (χ0n) is 46.6. The smallest absolute Gasteiger partial charge is 0.160 e. The van der Waals surface area contributed by atoms with E-state index in [9.17, 15) is 10.5 Å². The molecule has 0 atom stereocenters. The highest BCUT2D eigenvalue weighted by molar-refractivity contribution is 6.23. The van der Waals surface area contributed by atoms with Gasteiger partial charge in [-0.1, -0.05) is 224 Å². The normalized spacial score (nSPS) is 11.9. The second kappa shape index (κ2) is 18.7. The summed E-state index contributed by atoms with van der Waals surface area (Å²) in [4.78, 5) is 0. The van der Waals surface area contributed by atoms with Crippen molar-refractivity contribution in [3.05, 3.63) is 290 Å². The van der Waals surface area contributed by atoms with E-state index in [4.69, 9.17) is 4.42 Å². The Morgan fingerprint density at radius 2 is 0.609 bits per heavy atom. The van der Waals surface area contributed by atoms with Crippen LogP contribution in [0.2, 0.25) is 0 Å². The minimum Gasteiger partial charge on any atom is -0.454 e. The number of benzene rings is 13. The van der Waals surface area contributed by atoms with Gasteiger partial charge in [-0.15, -0.1) is 0 Å². The van der Waals surface area contributed by atoms with Crippen LogP contribution in [0.1, 0.15) is 11.1 Å². The van der Waals surface area contributed by atoms with E-state index in [-0.39, 0.29) is 0 Å². The minimum absolute atomic E-state index is 0.362. The topological polar surface area (TPSA) is 80.4 Å². The van der Waals surface area contributed by atoms with Crippen LogP contribution in [0.25, 0.3) is 165 Å². The number of para-hydroxylation sites is 7. The molecule has 0 N–H and O–H groups in total. The lowest BCUT2D eigenvalue weighted by Crippen LogP contribution is -2.16. The molecule has 0 unspecified atom stereocenters. The minimum atomic E-state index is 0.362. The summed E-state index contributed by atoms with van der Waals surface area (Å²) in [5.74, 6) is 0. The van der Waals surface area contributed by atoms with E-state index in [1.807, 2.05) is 12.1 Å². The number of nitrogens with zero attached hydrogens (tertiary/aromatic N) is 6. The van der Waals surface area contributed by atoms with E-state index in [2.05, 4.69) is 297 Å². The molecular formula is C80H46N6O. The highest BCUT2D eigenvalue weighted by Crippen LogP contribution is 2.51. The molecule has 0 aliphatic carbocycles. The molecule has 0 radical (unpaired) electrons. The first-order valence-corrected chi connectivity index (χ1v) is 29.3. The van der Waals surface area contributed by atoms with Crippen molar-refractivity contribution in [1.82, 2.24) is 18.3 Å². The maximum absolute atomic E-state index is 13.1. The lowest BCUT2D eigenvalue weighted by atomic mass is 9.87. The van der Waals surface area contributed by atoms with Gasteiger partial charge in [-0.25, -0.2) is 0 Å². The first-order chi connectivity index (χ1) is 43.2. The van der Waals surface area contributed by atoms with E-state index in [1.165, 1.54) is 0 Å². The molecule has 5 heterocycles.